The van der Waals surface area contributed by atoms with E-state index in [1.165, 1.54) is 6.92 Å². The third-order valence-electron chi connectivity index (χ3n) is 4.83. The maximum absolute atomic E-state index is 13.0. The maximum atomic E-state index is 13.0. The molecule has 1 saturated heterocycles. The number of anilines is 1. The summed E-state index contributed by atoms with van der Waals surface area (Å²) in [6.45, 7) is 7.25. The van der Waals surface area contributed by atoms with Crippen molar-refractivity contribution in [3.8, 4) is 5.75 Å². The molecule has 2 heterocycles. The molecule has 1 fully saturated rings. The molecule has 0 aliphatic carbocycles. The van der Waals surface area contributed by atoms with Crippen LogP contribution in [0.25, 0.3) is 0 Å². The van der Waals surface area contributed by atoms with Gasteiger partial charge in [0.25, 0.3) is 5.91 Å². The van der Waals surface area contributed by atoms with Crippen molar-refractivity contribution in [2.45, 2.75) is 39.5 Å². The first kappa shape index (κ1) is 18.9. The van der Waals surface area contributed by atoms with E-state index in [-0.39, 0.29) is 17.7 Å². The number of carbonyl (C=O) groups is 2. The first-order valence-electron chi connectivity index (χ1n) is 9.33. The molecule has 0 spiro atoms. The highest BCUT2D eigenvalue weighted by molar-refractivity contribution is 5.95. The van der Waals surface area contributed by atoms with Gasteiger partial charge in [0, 0.05) is 31.5 Å². The second-order valence-electron chi connectivity index (χ2n) is 6.88. The van der Waals surface area contributed by atoms with E-state index in [0.717, 1.165) is 36.4 Å². The maximum Gasteiger partial charge on any atom is 0.254 e. The monoisotopic (exact) mass is 370 g/mol. The Morgan fingerprint density at radius 3 is 2.96 bits per heavy atom. The molecule has 144 valence electrons. The van der Waals surface area contributed by atoms with E-state index < -0.39 is 0 Å². The van der Waals surface area contributed by atoms with E-state index in [2.05, 4.69) is 15.5 Å². The van der Waals surface area contributed by atoms with Crippen LogP contribution in [0, 0.1) is 6.92 Å². The molecule has 2 amide bonds. The number of hydrogen-bond acceptors (Lipinski definition) is 4. The number of nitrogens with zero attached hydrogens (tertiary/aromatic N) is 2. The third kappa shape index (κ3) is 4.30. The zero-order valence-electron chi connectivity index (χ0n) is 16.0. The predicted octanol–water partition coefficient (Wildman–Crippen LogP) is 3.10. The molecule has 1 atom stereocenters. The summed E-state index contributed by atoms with van der Waals surface area (Å²) in [5.74, 6) is 0.730. The Labute approximate surface area is 159 Å². The van der Waals surface area contributed by atoms with Gasteiger partial charge in [-0.15, -0.1) is 0 Å². The number of aromatic amines is 1. The van der Waals surface area contributed by atoms with Gasteiger partial charge >= 0.3 is 0 Å². The van der Waals surface area contributed by atoms with Gasteiger partial charge in [-0.25, -0.2) is 0 Å². The minimum atomic E-state index is -0.135. The number of benzene rings is 1. The van der Waals surface area contributed by atoms with E-state index in [0.29, 0.717) is 24.4 Å². The Morgan fingerprint density at radius 1 is 1.41 bits per heavy atom. The molecule has 27 heavy (non-hydrogen) atoms. The summed E-state index contributed by atoms with van der Waals surface area (Å²) < 4.78 is 5.62. The van der Waals surface area contributed by atoms with Gasteiger partial charge < -0.3 is 15.0 Å². The van der Waals surface area contributed by atoms with Crippen molar-refractivity contribution in [3.63, 3.8) is 0 Å². The van der Waals surface area contributed by atoms with Crippen LogP contribution in [0.1, 0.15) is 54.2 Å². The van der Waals surface area contributed by atoms with Crippen LogP contribution in [-0.4, -0.2) is 46.6 Å². The fraction of sp³-hybridized carbons (Fsp3) is 0.450. The number of piperidine rings is 1. The molecule has 3 rings (SSSR count). The van der Waals surface area contributed by atoms with Crippen molar-refractivity contribution in [3.05, 3.63) is 41.2 Å². The van der Waals surface area contributed by atoms with Crippen molar-refractivity contribution in [2.24, 2.45) is 0 Å². The van der Waals surface area contributed by atoms with Crippen LogP contribution in [0.5, 0.6) is 5.75 Å². The average Bonchev–Trinajstić information content (AvgIpc) is 3.10. The van der Waals surface area contributed by atoms with Crippen LogP contribution in [0.15, 0.2) is 24.4 Å². The fourth-order valence-corrected chi connectivity index (χ4v) is 3.52. The number of nitrogens with one attached hydrogen (secondary N) is 2. The standard InChI is InChI=1S/C20H26N4O3/c1-4-27-18-10-15(8-7-13(18)2)20(26)24-9-5-6-16(12-24)19-17(11-21-23-19)22-14(3)25/h7-8,10-11,16H,4-6,9,12H2,1-3H3,(H,21,23)(H,22,25). The molecule has 2 aromatic rings. The molecule has 1 aromatic heterocycles. The molecule has 0 saturated carbocycles. The fourth-order valence-electron chi connectivity index (χ4n) is 3.52. The van der Waals surface area contributed by atoms with Crippen LogP contribution >= 0.6 is 0 Å². The van der Waals surface area contributed by atoms with E-state index in [4.69, 9.17) is 4.74 Å². The summed E-state index contributed by atoms with van der Waals surface area (Å²) in [7, 11) is 0. The Kier molecular flexibility index (Phi) is 5.78. The minimum Gasteiger partial charge on any atom is -0.494 e. The van der Waals surface area contributed by atoms with Crippen LogP contribution < -0.4 is 10.1 Å². The number of aryl methyl sites for hydroxylation is 1. The van der Waals surface area contributed by atoms with Crippen molar-refractivity contribution in [1.82, 2.24) is 15.1 Å². The lowest BCUT2D eigenvalue weighted by Gasteiger charge is -2.33. The lowest BCUT2D eigenvalue weighted by molar-refractivity contribution is -0.114. The summed E-state index contributed by atoms with van der Waals surface area (Å²) in [6, 6.07) is 5.59. The molecular weight excluding hydrogens is 344 g/mol. The Balaban J connectivity index is 1.76. The van der Waals surface area contributed by atoms with Gasteiger partial charge in [0.05, 0.1) is 24.2 Å². The van der Waals surface area contributed by atoms with Crippen LogP contribution in [0.4, 0.5) is 5.69 Å². The highest BCUT2D eigenvalue weighted by atomic mass is 16.5. The zero-order valence-corrected chi connectivity index (χ0v) is 16.0. The second kappa shape index (κ2) is 8.24. The third-order valence-corrected chi connectivity index (χ3v) is 4.83. The second-order valence-corrected chi connectivity index (χ2v) is 6.88. The number of carbonyl (C=O) groups excluding carboxylic acids is 2. The Morgan fingerprint density at radius 2 is 2.22 bits per heavy atom. The summed E-state index contributed by atoms with van der Waals surface area (Å²) in [5.41, 5.74) is 3.22. The number of ether oxygens (including phenoxy) is 1. The molecule has 1 unspecified atom stereocenters. The van der Waals surface area contributed by atoms with Crippen molar-refractivity contribution in [1.29, 1.82) is 0 Å². The zero-order chi connectivity index (χ0) is 19.4. The number of likely N-dealkylation sites (tertiary alicyclic amines) is 1. The van der Waals surface area contributed by atoms with Crippen LogP contribution in [0.3, 0.4) is 0 Å². The predicted molar refractivity (Wildman–Crippen MR) is 103 cm³/mol. The van der Waals surface area contributed by atoms with Gasteiger partial charge in [-0.05, 0) is 44.4 Å². The topological polar surface area (TPSA) is 87.3 Å². The SMILES string of the molecule is CCOc1cc(C(=O)N2CCCC(c3[nH]ncc3NC(C)=O)C2)ccc1C. The number of aromatic nitrogens is 2. The summed E-state index contributed by atoms with van der Waals surface area (Å²) in [5, 5.41) is 9.85. The van der Waals surface area contributed by atoms with E-state index in [1.54, 1.807) is 6.20 Å². The number of H-pyrrole nitrogens is 1. The largest absolute Gasteiger partial charge is 0.494 e. The molecule has 0 bridgehead atoms. The molecular formula is C20H26N4O3. The normalized spacial score (nSPS) is 16.9. The lowest BCUT2D eigenvalue weighted by Crippen LogP contribution is -2.39. The van der Waals surface area contributed by atoms with Gasteiger partial charge in [0.2, 0.25) is 5.91 Å². The first-order valence-corrected chi connectivity index (χ1v) is 9.33. The first-order chi connectivity index (χ1) is 13.0. The molecule has 1 aromatic carbocycles. The molecule has 7 heteroatoms. The van der Waals surface area contributed by atoms with Crippen molar-refractivity contribution < 1.29 is 14.3 Å². The summed E-state index contributed by atoms with van der Waals surface area (Å²) in [4.78, 5) is 26.3. The van der Waals surface area contributed by atoms with Crippen LogP contribution in [0.2, 0.25) is 0 Å². The average molecular weight is 370 g/mol. The van der Waals surface area contributed by atoms with Crippen molar-refractivity contribution >= 4 is 17.5 Å². The number of rotatable bonds is 5. The van der Waals surface area contributed by atoms with E-state index in [1.807, 2.05) is 36.9 Å². The van der Waals surface area contributed by atoms with Crippen LogP contribution in [-0.2, 0) is 4.79 Å². The van der Waals surface area contributed by atoms with Crippen molar-refractivity contribution in [2.75, 3.05) is 25.0 Å². The quantitative estimate of drug-likeness (QED) is 0.847. The van der Waals surface area contributed by atoms with E-state index in [9.17, 15) is 9.59 Å². The van der Waals surface area contributed by atoms with Gasteiger partial charge in [-0.2, -0.15) is 5.10 Å². The highest BCUT2D eigenvalue weighted by Crippen LogP contribution is 2.31. The Hall–Kier alpha value is -2.83. The summed E-state index contributed by atoms with van der Waals surface area (Å²) in [6.07, 6.45) is 3.46. The smallest absolute Gasteiger partial charge is 0.254 e. The minimum absolute atomic E-state index is 0.00115. The molecule has 0 radical (unpaired) electrons. The Bertz CT molecular complexity index is 830. The van der Waals surface area contributed by atoms with Gasteiger partial charge in [0.15, 0.2) is 0 Å². The summed E-state index contributed by atoms with van der Waals surface area (Å²) >= 11 is 0. The number of amides is 2. The highest BCUT2D eigenvalue weighted by Gasteiger charge is 2.28. The van der Waals surface area contributed by atoms with Gasteiger partial charge in [0.1, 0.15) is 5.75 Å². The molecule has 1 aliphatic rings. The molecule has 2 N–H and O–H groups in total. The molecule has 7 nitrogen and oxygen atoms in total. The lowest BCUT2D eigenvalue weighted by atomic mass is 9.93. The molecule has 1 aliphatic heterocycles. The van der Waals surface area contributed by atoms with Gasteiger partial charge in [-0.3, -0.25) is 14.7 Å². The number of hydrogen-bond donors (Lipinski definition) is 2. The van der Waals surface area contributed by atoms with Gasteiger partial charge in [-0.1, -0.05) is 6.07 Å². The van der Waals surface area contributed by atoms with E-state index >= 15 is 0 Å².